The van der Waals surface area contributed by atoms with Gasteiger partial charge in [-0.25, -0.2) is 0 Å². The molecule has 0 aliphatic heterocycles. The minimum absolute atomic E-state index is 0.460. The first-order valence-corrected chi connectivity index (χ1v) is 7.69. The molecule has 1 atom stereocenters. The molecule has 1 aliphatic rings. The second-order valence-corrected chi connectivity index (χ2v) is 5.71. The maximum atomic E-state index is 6.10. The van der Waals surface area contributed by atoms with Gasteiger partial charge < -0.3 is 10.5 Å². The van der Waals surface area contributed by atoms with Crippen LogP contribution in [-0.4, -0.2) is 13.2 Å². The highest BCUT2D eigenvalue weighted by Gasteiger charge is 2.26. The molecule has 1 aliphatic carbocycles. The quantitative estimate of drug-likeness (QED) is 0.869. The lowest BCUT2D eigenvalue weighted by atomic mass is 9.76. The molecule has 0 aromatic heterocycles. The zero-order valence-electron chi connectivity index (χ0n) is 12.3. The Hall–Kier alpha value is -1.02. The van der Waals surface area contributed by atoms with Crippen molar-refractivity contribution < 1.29 is 4.74 Å². The van der Waals surface area contributed by atoms with Crippen LogP contribution in [0.4, 0.5) is 0 Å². The molecule has 0 spiro atoms. The Balaban J connectivity index is 2.27. The van der Waals surface area contributed by atoms with E-state index in [-0.39, 0.29) is 0 Å². The summed E-state index contributed by atoms with van der Waals surface area (Å²) in [6, 6.07) is 6.51. The molecule has 1 aromatic carbocycles. The van der Waals surface area contributed by atoms with E-state index in [2.05, 4.69) is 25.1 Å². The molecule has 1 aromatic rings. The van der Waals surface area contributed by atoms with Crippen molar-refractivity contribution in [3.63, 3.8) is 0 Å². The molecule has 19 heavy (non-hydrogen) atoms. The van der Waals surface area contributed by atoms with Crippen molar-refractivity contribution in [3.05, 3.63) is 29.3 Å². The van der Waals surface area contributed by atoms with Gasteiger partial charge in [-0.15, -0.1) is 0 Å². The van der Waals surface area contributed by atoms with Gasteiger partial charge in [-0.3, -0.25) is 0 Å². The standard InChI is InChI=1S/C17H27NO/c1-3-19-17-10-9-13(2)11-15(17)16(12-18)14-7-5-4-6-8-14/h9-11,14,16H,3-8,12,18H2,1-2H3. The van der Waals surface area contributed by atoms with Crippen LogP contribution >= 0.6 is 0 Å². The maximum Gasteiger partial charge on any atom is 0.122 e. The average molecular weight is 261 g/mol. The van der Waals surface area contributed by atoms with Gasteiger partial charge in [-0.2, -0.15) is 0 Å². The summed E-state index contributed by atoms with van der Waals surface area (Å²) in [6.45, 7) is 5.64. The molecule has 2 N–H and O–H groups in total. The summed E-state index contributed by atoms with van der Waals surface area (Å²) in [6.07, 6.45) is 6.75. The van der Waals surface area contributed by atoms with Crippen LogP contribution in [0.1, 0.15) is 56.1 Å². The van der Waals surface area contributed by atoms with Crippen LogP contribution in [0.5, 0.6) is 5.75 Å². The van der Waals surface area contributed by atoms with Crippen molar-refractivity contribution >= 4 is 0 Å². The monoisotopic (exact) mass is 261 g/mol. The molecule has 1 unspecified atom stereocenters. The van der Waals surface area contributed by atoms with Crippen molar-refractivity contribution in [3.8, 4) is 5.75 Å². The first kappa shape index (κ1) is 14.4. The fourth-order valence-corrected chi connectivity index (χ4v) is 3.35. The molecule has 2 nitrogen and oxygen atoms in total. The predicted molar refractivity (Wildman–Crippen MR) is 80.7 cm³/mol. The molecule has 0 amide bonds. The fraction of sp³-hybridized carbons (Fsp3) is 0.647. The Morgan fingerprint density at radius 1 is 1.26 bits per heavy atom. The summed E-state index contributed by atoms with van der Waals surface area (Å²) in [5.41, 5.74) is 8.72. The fourth-order valence-electron chi connectivity index (χ4n) is 3.35. The lowest BCUT2D eigenvalue weighted by Gasteiger charge is -2.31. The molecular weight excluding hydrogens is 234 g/mol. The van der Waals surface area contributed by atoms with E-state index in [0.717, 1.165) is 24.8 Å². The first-order chi connectivity index (χ1) is 9.26. The Kier molecular flexibility index (Phi) is 5.26. The molecular formula is C17H27NO. The molecule has 0 heterocycles. The maximum absolute atomic E-state index is 6.10. The van der Waals surface area contributed by atoms with Crippen LogP contribution in [0.3, 0.4) is 0 Å². The second kappa shape index (κ2) is 6.95. The van der Waals surface area contributed by atoms with E-state index in [1.807, 2.05) is 6.92 Å². The lowest BCUT2D eigenvalue weighted by molar-refractivity contribution is 0.291. The minimum atomic E-state index is 0.460. The van der Waals surface area contributed by atoms with Crippen LogP contribution in [0.2, 0.25) is 0 Å². The predicted octanol–water partition coefficient (Wildman–Crippen LogP) is 4.02. The highest BCUT2D eigenvalue weighted by atomic mass is 16.5. The zero-order chi connectivity index (χ0) is 13.7. The van der Waals surface area contributed by atoms with Gasteiger partial charge in [-0.05, 0) is 50.8 Å². The number of hydrogen-bond donors (Lipinski definition) is 1. The van der Waals surface area contributed by atoms with Crippen LogP contribution < -0.4 is 10.5 Å². The summed E-state index contributed by atoms with van der Waals surface area (Å²) in [4.78, 5) is 0. The van der Waals surface area contributed by atoms with E-state index in [4.69, 9.17) is 10.5 Å². The zero-order valence-corrected chi connectivity index (χ0v) is 12.3. The van der Waals surface area contributed by atoms with Gasteiger partial charge >= 0.3 is 0 Å². The first-order valence-electron chi connectivity index (χ1n) is 7.69. The third-order valence-corrected chi connectivity index (χ3v) is 4.34. The molecule has 2 rings (SSSR count). The van der Waals surface area contributed by atoms with Crippen molar-refractivity contribution in [2.45, 2.75) is 51.9 Å². The van der Waals surface area contributed by atoms with Crippen molar-refractivity contribution in [1.29, 1.82) is 0 Å². The van der Waals surface area contributed by atoms with E-state index in [0.29, 0.717) is 5.92 Å². The molecule has 106 valence electrons. The van der Waals surface area contributed by atoms with Gasteiger partial charge in [-0.1, -0.05) is 37.0 Å². The van der Waals surface area contributed by atoms with E-state index in [1.165, 1.54) is 43.2 Å². The highest BCUT2D eigenvalue weighted by molar-refractivity contribution is 5.40. The van der Waals surface area contributed by atoms with Crippen molar-refractivity contribution in [1.82, 2.24) is 0 Å². The summed E-state index contributed by atoms with van der Waals surface area (Å²) < 4.78 is 5.81. The molecule has 1 saturated carbocycles. The Labute approximate surface area is 117 Å². The van der Waals surface area contributed by atoms with E-state index >= 15 is 0 Å². The third kappa shape index (κ3) is 3.50. The molecule has 2 heteroatoms. The second-order valence-electron chi connectivity index (χ2n) is 5.71. The van der Waals surface area contributed by atoms with Gasteiger partial charge in [0.25, 0.3) is 0 Å². The number of ether oxygens (including phenoxy) is 1. The van der Waals surface area contributed by atoms with E-state index < -0.39 is 0 Å². The van der Waals surface area contributed by atoms with Gasteiger partial charge in [0.2, 0.25) is 0 Å². The summed E-state index contributed by atoms with van der Waals surface area (Å²) in [5.74, 6) is 2.23. The van der Waals surface area contributed by atoms with Gasteiger partial charge in [0, 0.05) is 5.92 Å². The summed E-state index contributed by atoms with van der Waals surface area (Å²) in [7, 11) is 0. The summed E-state index contributed by atoms with van der Waals surface area (Å²) >= 11 is 0. The smallest absolute Gasteiger partial charge is 0.122 e. The van der Waals surface area contributed by atoms with Crippen molar-refractivity contribution in [2.24, 2.45) is 11.7 Å². The van der Waals surface area contributed by atoms with Crippen LogP contribution in [-0.2, 0) is 0 Å². The Morgan fingerprint density at radius 2 is 2.00 bits per heavy atom. The van der Waals surface area contributed by atoms with Crippen LogP contribution in [0.25, 0.3) is 0 Å². The molecule has 1 fully saturated rings. The lowest BCUT2D eigenvalue weighted by Crippen LogP contribution is -2.24. The van der Waals surface area contributed by atoms with Gasteiger partial charge in [0.1, 0.15) is 5.75 Å². The number of rotatable bonds is 5. The minimum Gasteiger partial charge on any atom is -0.494 e. The van der Waals surface area contributed by atoms with Crippen molar-refractivity contribution in [2.75, 3.05) is 13.2 Å². The third-order valence-electron chi connectivity index (χ3n) is 4.34. The largest absolute Gasteiger partial charge is 0.494 e. The topological polar surface area (TPSA) is 35.2 Å². The van der Waals surface area contributed by atoms with Crippen LogP contribution in [0, 0.1) is 12.8 Å². The van der Waals surface area contributed by atoms with E-state index in [9.17, 15) is 0 Å². The SMILES string of the molecule is CCOc1ccc(C)cc1C(CN)C1CCCCC1. The average Bonchev–Trinajstić information content (AvgIpc) is 2.44. The highest BCUT2D eigenvalue weighted by Crippen LogP contribution is 2.39. The normalized spacial score (nSPS) is 18.3. The summed E-state index contributed by atoms with van der Waals surface area (Å²) in [5, 5.41) is 0. The number of nitrogens with two attached hydrogens (primary N) is 1. The number of aryl methyl sites for hydroxylation is 1. The van der Waals surface area contributed by atoms with Gasteiger partial charge in [0.05, 0.1) is 6.61 Å². The molecule has 0 radical (unpaired) electrons. The molecule has 0 saturated heterocycles. The Bertz CT molecular complexity index is 396. The molecule has 0 bridgehead atoms. The number of benzene rings is 1. The van der Waals surface area contributed by atoms with Crippen LogP contribution in [0.15, 0.2) is 18.2 Å². The number of hydrogen-bond acceptors (Lipinski definition) is 2. The van der Waals surface area contributed by atoms with E-state index in [1.54, 1.807) is 0 Å². The van der Waals surface area contributed by atoms with Gasteiger partial charge in [0.15, 0.2) is 0 Å². The Morgan fingerprint density at radius 3 is 2.63 bits per heavy atom.